The highest BCUT2D eigenvalue weighted by Crippen LogP contribution is 2.33. The second-order valence-corrected chi connectivity index (χ2v) is 4.34. The normalized spacial score (nSPS) is 11.4. The highest BCUT2D eigenvalue weighted by molar-refractivity contribution is 9.10. The molecule has 2 N–H and O–H groups in total. The van der Waals surface area contributed by atoms with Gasteiger partial charge in [-0.3, -0.25) is 0 Å². The zero-order valence-corrected chi connectivity index (χ0v) is 11.1. The first-order valence-electron chi connectivity index (χ1n) is 5.30. The van der Waals surface area contributed by atoms with Crippen LogP contribution in [0, 0.1) is 0 Å². The van der Waals surface area contributed by atoms with Crippen molar-refractivity contribution in [1.82, 2.24) is 0 Å². The molecular weight excluding hydrogens is 315 g/mol. The number of halogens is 4. The van der Waals surface area contributed by atoms with Crippen LogP contribution < -0.4 is 15.2 Å². The Morgan fingerprint density at radius 2 is 1.94 bits per heavy atom. The van der Waals surface area contributed by atoms with Gasteiger partial charge in [0.25, 0.3) is 0 Å². The number of ether oxygens (including phenoxy) is 2. The van der Waals surface area contributed by atoms with Crippen LogP contribution in [0.2, 0.25) is 0 Å². The molecule has 3 nitrogen and oxygen atoms in total. The Morgan fingerprint density at radius 1 is 1.22 bits per heavy atom. The van der Waals surface area contributed by atoms with Crippen LogP contribution in [-0.2, 0) is 0 Å². The largest absolute Gasteiger partial charge is 0.573 e. The van der Waals surface area contributed by atoms with Crippen LogP contribution >= 0.6 is 15.9 Å². The summed E-state index contributed by atoms with van der Waals surface area (Å²) in [5.74, 6) is 0.185. The monoisotopic (exact) mass is 327 g/mol. The Bertz CT molecular complexity index is 385. The van der Waals surface area contributed by atoms with Gasteiger partial charge in [-0.15, -0.1) is 13.2 Å². The van der Waals surface area contributed by atoms with Crippen molar-refractivity contribution in [3.05, 3.63) is 22.7 Å². The van der Waals surface area contributed by atoms with Crippen molar-refractivity contribution < 1.29 is 22.6 Å². The average Bonchev–Trinajstić information content (AvgIpc) is 2.26. The fourth-order valence-electron chi connectivity index (χ4n) is 1.22. The zero-order chi connectivity index (χ0) is 13.6. The van der Waals surface area contributed by atoms with E-state index in [4.69, 9.17) is 10.5 Å². The van der Waals surface area contributed by atoms with Crippen LogP contribution in [0.3, 0.4) is 0 Å². The maximum absolute atomic E-state index is 12.0. The van der Waals surface area contributed by atoms with Gasteiger partial charge in [-0.25, -0.2) is 0 Å². The Labute approximate surface area is 111 Å². The molecule has 0 bridgehead atoms. The highest BCUT2D eigenvalue weighted by atomic mass is 79.9. The number of benzene rings is 1. The smallest absolute Gasteiger partial charge is 0.494 e. The quantitative estimate of drug-likeness (QED) is 0.814. The highest BCUT2D eigenvalue weighted by Gasteiger charge is 2.31. The summed E-state index contributed by atoms with van der Waals surface area (Å²) in [6.45, 7) is 1.06. The summed E-state index contributed by atoms with van der Waals surface area (Å²) >= 11 is 3.00. The Balaban J connectivity index is 2.56. The molecule has 0 spiro atoms. The van der Waals surface area contributed by atoms with Gasteiger partial charge in [0.15, 0.2) is 0 Å². The first kappa shape index (κ1) is 15.1. The lowest BCUT2D eigenvalue weighted by Gasteiger charge is -2.12. The molecule has 18 heavy (non-hydrogen) atoms. The minimum atomic E-state index is -4.70. The summed E-state index contributed by atoms with van der Waals surface area (Å²) in [5, 5.41) is 0. The van der Waals surface area contributed by atoms with E-state index in [1.807, 2.05) is 0 Å². The van der Waals surface area contributed by atoms with Gasteiger partial charge in [-0.2, -0.15) is 0 Å². The van der Waals surface area contributed by atoms with Gasteiger partial charge in [0.2, 0.25) is 0 Å². The van der Waals surface area contributed by atoms with E-state index in [1.54, 1.807) is 0 Å². The molecule has 1 rings (SSSR count). The summed E-state index contributed by atoms with van der Waals surface area (Å²) in [4.78, 5) is 0. The van der Waals surface area contributed by atoms with Crippen LogP contribution in [0.5, 0.6) is 11.5 Å². The van der Waals surface area contributed by atoms with Crippen molar-refractivity contribution in [3.63, 3.8) is 0 Å². The van der Waals surface area contributed by atoms with Crippen LogP contribution in [0.4, 0.5) is 13.2 Å². The van der Waals surface area contributed by atoms with Crippen molar-refractivity contribution in [1.29, 1.82) is 0 Å². The maximum atomic E-state index is 12.0. The van der Waals surface area contributed by atoms with Gasteiger partial charge in [0.05, 0.1) is 11.1 Å². The third-order valence-corrected chi connectivity index (χ3v) is 2.62. The van der Waals surface area contributed by atoms with Gasteiger partial charge in [-0.1, -0.05) is 0 Å². The van der Waals surface area contributed by atoms with Crippen LogP contribution in [0.1, 0.15) is 12.8 Å². The van der Waals surface area contributed by atoms with Crippen LogP contribution in [-0.4, -0.2) is 19.5 Å². The van der Waals surface area contributed by atoms with Crippen molar-refractivity contribution in [2.45, 2.75) is 19.2 Å². The number of nitrogens with two attached hydrogens (primary N) is 1. The van der Waals surface area contributed by atoms with Gasteiger partial charge in [0.1, 0.15) is 11.5 Å². The van der Waals surface area contributed by atoms with Crippen molar-refractivity contribution >= 4 is 15.9 Å². The molecule has 0 atom stereocenters. The Morgan fingerprint density at radius 3 is 2.50 bits per heavy atom. The third kappa shape index (κ3) is 5.59. The van der Waals surface area contributed by atoms with E-state index in [-0.39, 0.29) is 10.2 Å². The standard InChI is InChI=1S/C11H13BrF3NO2/c12-9-7-8(17-6-2-1-5-16)3-4-10(9)18-11(13,14)15/h3-4,7H,1-2,5-6,16H2. The molecule has 0 radical (unpaired) electrons. The number of alkyl halides is 3. The summed E-state index contributed by atoms with van der Waals surface area (Å²) in [7, 11) is 0. The number of hydrogen-bond donors (Lipinski definition) is 1. The van der Waals surface area contributed by atoms with E-state index in [9.17, 15) is 13.2 Å². The summed E-state index contributed by atoms with van der Waals surface area (Å²) in [5.41, 5.74) is 5.32. The predicted molar refractivity (Wildman–Crippen MR) is 64.6 cm³/mol. The maximum Gasteiger partial charge on any atom is 0.573 e. The minimum absolute atomic E-state index is 0.191. The molecule has 0 aliphatic carbocycles. The van der Waals surface area contributed by atoms with Crippen LogP contribution in [0.15, 0.2) is 22.7 Å². The summed E-state index contributed by atoms with van der Waals surface area (Å²) in [6.07, 6.45) is -3.06. The van der Waals surface area contributed by atoms with E-state index in [1.165, 1.54) is 18.2 Å². The SMILES string of the molecule is NCCCCOc1ccc(OC(F)(F)F)c(Br)c1. The molecule has 1 aromatic rings. The van der Waals surface area contributed by atoms with Crippen molar-refractivity contribution in [3.8, 4) is 11.5 Å². The molecular formula is C11H13BrF3NO2. The van der Waals surface area contributed by atoms with E-state index in [0.29, 0.717) is 18.9 Å². The molecule has 0 aliphatic heterocycles. The van der Waals surface area contributed by atoms with Gasteiger partial charge in [0, 0.05) is 0 Å². The molecule has 0 amide bonds. The molecule has 102 valence electrons. The topological polar surface area (TPSA) is 44.5 Å². The average molecular weight is 328 g/mol. The second kappa shape index (κ2) is 6.84. The molecule has 0 unspecified atom stereocenters. The molecule has 1 aromatic carbocycles. The van der Waals surface area contributed by atoms with E-state index < -0.39 is 6.36 Å². The third-order valence-electron chi connectivity index (χ3n) is 2.00. The van der Waals surface area contributed by atoms with Crippen molar-refractivity contribution in [2.75, 3.05) is 13.2 Å². The summed E-state index contributed by atoms with van der Waals surface area (Å²) < 4.78 is 45.4. The minimum Gasteiger partial charge on any atom is -0.494 e. The lowest BCUT2D eigenvalue weighted by atomic mass is 10.3. The first-order chi connectivity index (χ1) is 8.42. The molecule has 7 heteroatoms. The number of unbranched alkanes of at least 4 members (excludes halogenated alkanes) is 1. The molecule has 0 saturated heterocycles. The van der Waals surface area contributed by atoms with E-state index in [0.717, 1.165) is 12.8 Å². The van der Waals surface area contributed by atoms with Crippen LogP contribution in [0.25, 0.3) is 0 Å². The fourth-order valence-corrected chi connectivity index (χ4v) is 1.65. The van der Waals surface area contributed by atoms with E-state index in [2.05, 4.69) is 20.7 Å². The van der Waals surface area contributed by atoms with Crippen molar-refractivity contribution in [2.24, 2.45) is 5.73 Å². The van der Waals surface area contributed by atoms with Gasteiger partial charge in [-0.05, 0) is 53.5 Å². The Hall–Kier alpha value is -0.950. The lowest BCUT2D eigenvalue weighted by molar-refractivity contribution is -0.274. The summed E-state index contributed by atoms with van der Waals surface area (Å²) in [6, 6.07) is 4.06. The molecule has 0 aromatic heterocycles. The molecule has 0 fully saturated rings. The van der Waals surface area contributed by atoms with Gasteiger partial charge >= 0.3 is 6.36 Å². The lowest BCUT2D eigenvalue weighted by Crippen LogP contribution is -2.17. The van der Waals surface area contributed by atoms with Gasteiger partial charge < -0.3 is 15.2 Å². The molecule has 0 aliphatic rings. The fraction of sp³-hybridized carbons (Fsp3) is 0.455. The predicted octanol–water partition coefficient (Wildman–Crippen LogP) is 3.47. The first-order valence-corrected chi connectivity index (χ1v) is 6.10. The molecule has 0 heterocycles. The number of hydrogen-bond acceptors (Lipinski definition) is 3. The van der Waals surface area contributed by atoms with E-state index >= 15 is 0 Å². The number of rotatable bonds is 6. The Kier molecular flexibility index (Phi) is 5.74. The molecule has 0 saturated carbocycles. The second-order valence-electron chi connectivity index (χ2n) is 3.48. The zero-order valence-electron chi connectivity index (χ0n) is 9.47.